The molecule has 0 spiro atoms. The van der Waals surface area contributed by atoms with Crippen LogP contribution in [0.15, 0.2) is 0 Å². The molecule has 0 heterocycles. The third-order valence-electron chi connectivity index (χ3n) is 0.995. The molecule has 1 atom stereocenters. The lowest BCUT2D eigenvalue weighted by atomic mass is 10.5. The van der Waals surface area contributed by atoms with Crippen LogP contribution in [0.2, 0.25) is 0 Å². The van der Waals surface area contributed by atoms with E-state index in [-0.39, 0.29) is 6.17 Å². The van der Waals surface area contributed by atoms with E-state index in [2.05, 4.69) is 6.92 Å². The van der Waals surface area contributed by atoms with Gasteiger partial charge in [0.05, 0.1) is 21.1 Å². The van der Waals surface area contributed by atoms with Gasteiger partial charge in [-0.3, -0.25) is 5.73 Å². The second-order valence-electron chi connectivity index (χ2n) is 2.68. The minimum absolute atomic E-state index is 0.0139. The highest BCUT2D eigenvalue weighted by atomic mass is 15.3. The Kier molecular flexibility index (Phi) is 1.78. The molecule has 0 aromatic heterocycles. The van der Waals surface area contributed by atoms with E-state index in [1.807, 2.05) is 21.1 Å². The Morgan fingerprint density at radius 2 is 1.57 bits per heavy atom. The Hall–Kier alpha value is -0.0800. The summed E-state index contributed by atoms with van der Waals surface area (Å²) in [5, 5.41) is 0. The summed E-state index contributed by atoms with van der Waals surface area (Å²) in [7, 11) is 6.03. The van der Waals surface area contributed by atoms with Crippen LogP contribution < -0.4 is 5.73 Å². The van der Waals surface area contributed by atoms with Crippen molar-refractivity contribution in [1.29, 1.82) is 0 Å². The predicted octanol–water partition coefficient (Wildman–Crippen LogP) is -0.189. The van der Waals surface area contributed by atoms with Crippen molar-refractivity contribution in [3.05, 3.63) is 6.92 Å². The highest BCUT2D eigenvalue weighted by Crippen LogP contribution is 1.91. The summed E-state index contributed by atoms with van der Waals surface area (Å²) in [6.45, 7) is 3.66. The highest BCUT2D eigenvalue weighted by molar-refractivity contribution is 4.44. The summed E-state index contributed by atoms with van der Waals surface area (Å²) in [5.41, 5.74) is 5.43. The van der Waals surface area contributed by atoms with E-state index in [9.17, 15) is 0 Å². The third-order valence-corrected chi connectivity index (χ3v) is 0.995. The van der Waals surface area contributed by atoms with Gasteiger partial charge in [-0.15, -0.1) is 0 Å². The number of hydrogen-bond acceptors (Lipinski definition) is 1. The summed E-state index contributed by atoms with van der Waals surface area (Å²) in [6.07, 6.45) is -0.0139. The van der Waals surface area contributed by atoms with Crippen molar-refractivity contribution in [2.24, 2.45) is 5.73 Å². The van der Waals surface area contributed by atoms with Crippen LogP contribution >= 0.6 is 0 Å². The molecule has 0 rings (SSSR count). The molecule has 0 aliphatic heterocycles. The first-order valence-corrected chi connectivity index (χ1v) is 2.34. The van der Waals surface area contributed by atoms with Gasteiger partial charge in [0.15, 0.2) is 0 Å². The van der Waals surface area contributed by atoms with Crippen LogP contribution in [0.3, 0.4) is 0 Å². The number of quaternary nitrogens is 1. The smallest absolute Gasteiger partial charge is 0.140 e. The van der Waals surface area contributed by atoms with Crippen molar-refractivity contribution in [2.45, 2.75) is 6.17 Å². The Morgan fingerprint density at radius 1 is 1.43 bits per heavy atom. The van der Waals surface area contributed by atoms with Gasteiger partial charge in [0.1, 0.15) is 6.17 Å². The fourth-order valence-corrected chi connectivity index (χ4v) is 0. The average molecular weight is 102 g/mol. The Labute approximate surface area is 45.5 Å². The van der Waals surface area contributed by atoms with Gasteiger partial charge in [-0.2, -0.15) is 0 Å². The van der Waals surface area contributed by atoms with Gasteiger partial charge in [0.25, 0.3) is 0 Å². The molecule has 0 bridgehead atoms. The SMILES string of the molecule is [CH2]C(N)[N+](C)(C)C. The van der Waals surface area contributed by atoms with Crippen molar-refractivity contribution < 1.29 is 4.48 Å². The number of hydrogen-bond donors (Lipinski definition) is 1. The topological polar surface area (TPSA) is 26.0 Å². The van der Waals surface area contributed by atoms with Crippen LogP contribution in [-0.4, -0.2) is 31.8 Å². The molecule has 7 heavy (non-hydrogen) atoms. The zero-order valence-corrected chi connectivity index (χ0v) is 5.31. The first-order chi connectivity index (χ1) is 2.94. The molecular weight excluding hydrogens is 88.1 g/mol. The molecule has 2 nitrogen and oxygen atoms in total. The Bertz CT molecular complexity index is 51.6. The number of nitrogens with zero attached hydrogens (tertiary/aromatic N) is 1. The van der Waals surface area contributed by atoms with Crippen LogP contribution in [0.4, 0.5) is 0 Å². The fraction of sp³-hybridized carbons (Fsp3) is 0.800. The zero-order valence-electron chi connectivity index (χ0n) is 5.31. The molecule has 0 aromatic rings. The summed E-state index contributed by atoms with van der Waals surface area (Å²) in [4.78, 5) is 0. The molecule has 1 radical (unpaired) electrons. The fourth-order valence-electron chi connectivity index (χ4n) is 0. The van der Waals surface area contributed by atoms with Crippen LogP contribution in [0, 0.1) is 6.92 Å². The molecule has 1 unspecified atom stereocenters. The molecule has 0 fully saturated rings. The third kappa shape index (κ3) is 2.60. The molecule has 0 aromatic carbocycles. The van der Waals surface area contributed by atoms with Crippen molar-refractivity contribution in [2.75, 3.05) is 21.1 Å². The minimum atomic E-state index is -0.0139. The van der Waals surface area contributed by atoms with Gasteiger partial charge >= 0.3 is 0 Å². The maximum Gasteiger partial charge on any atom is 0.140 e. The lowest BCUT2D eigenvalue weighted by molar-refractivity contribution is -0.889. The molecule has 43 valence electrons. The zero-order chi connectivity index (χ0) is 6.08. The largest absolute Gasteiger partial charge is 0.316 e. The minimum Gasteiger partial charge on any atom is -0.316 e. The summed E-state index contributed by atoms with van der Waals surface area (Å²) in [5.74, 6) is 0. The molecule has 2 N–H and O–H groups in total. The normalized spacial score (nSPS) is 16.7. The lowest BCUT2D eigenvalue weighted by Gasteiger charge is -2.27. The van der Waals surface area contributed by atoms with Gasteiger partial charge in [0.2, 0.25) is 0 Å². The van der Waals surface area contributed by atoms with Crippen molar-refractivity contribution in [3.63, 3.8) is 0 Å². The van der Waals surface area contributed by atoms with Crippen molar-refractivity contribution in [3.8, 4) is 0 Å². The van der Waals surface area contributed by atoms with Crippen LogP contribution in [0.25, 0.3) is 0 Å². The quantitative estimate of drug-likeness (QED) is 0.360. The molecular formula is C5H14N2+. The van der Waals surface area contributed by atoms with E-state index < -0.39 is 0 Å². The molecule has 2 heteroatoms. The van der Waals surface area contributed by atoms with Crippen LogP contribution in [0.5, 0.6) is 0 Å². The summed E-state index contributed by atoms with van der Waals surface area (Å²) >= 11 is 0. The van der Waals surface area contributed by atoms with E-state index in [1.165, 1.54) is 0 Å². The number of rotatable bonds is 1. The Balaban J connectivity index is 3.54. The van der Waals surface area contributed by atoms with Gasteiger partial charge < -0.3 is 4.48 Å². The monoisotopic (exact) mass is 102 g/mol. The molecule has 0 aliphatic rings. The van der Waals surface area contributed by atoms with E-state index >= 15 is 0 Å². The first-order valence-electron chi connectivity index (χ1n) is 2.34. The van der Waals surface area contributed by atoms with Crippen LogP contribution in [0.1, 0.15) is 0 Å². The highest BCUT2D eigenvalue weighted by Gasteiger charge is 2.10. The summed E-state index contributed by atoms with van der Waals surface area (Å²) < 4.78 is 0.722. The second kappa shape index (κ2) is 1.80. The molecule has 0 saturated heterocycles. The standard InChI is InChI=1S/C5H14N2/c1-5(6)7(2,3)4/h5H,1,6H2,2-4H3/q+1. The molecule has 0 saturated carbocycles. The van der Waals surface area contributed by atoms with Gasteiger partial charge in [-0.05, 0) is 0 Å². The summed E-state index contributed by atoms with van der Waals surface area (Å²) in [6, 6.07) is 0. The van der Waals surface area contributed by atoms with Crippen molar-refractivity contribution >= 4 is 0 Å². The van der Waals surface area contributed by atoms with E-state index in [0.717, 1.165) is 4.48 Å². The van der Waals surface area contributed by atoms with Gasteiger partial charge in [-0.25, -0.2) is 0 Å². The van der Waals surface area contributed by atoms with E-state index in [0.29, 0.717) is 0 Å². The van der Waals surface area contributed by atoms with E-state index in [4.69, 9.17) is 5.73 Å². The molecule has 0 amide bonds. The maximum absolute atomic E-state index is 5.43. The van der Waals surface area contributed by atoms with Crippen molar-refractivity contribution in [1.82, 2.24) is 0 Å². The molecule has 0 aliphatic carbocycles. The predicted molar refractivity (Wildman–Crippen MR) is 31.4 cm³/mol. The second-order valence-corrected chi connectivity index (χ2v) is 2.68. The van der Waals surface area contributed by atoms with Crippen LogP contribution in [-0.2, 0) is 0 Å². The first kappa shape index (κ1) is 6.92. The maximum atomic E-state index is 5.43. The number of nitrogens with two attached hydrogens (primary N) is 1. The van der Waals surface area contributed by atoms with Gasteiger partial charge in [-0.1, -0.05) is 0 Å². The van der Waals surface area contributed by atoms with E-state index in [1.54, 1.807) is 0 Å². The average Bonchev–Trinajstić information content (AvgIpc) is 1.31. The Morgan fingerprint density at radius 3 is 1.57 bits per heavy atom. The lowest BCUT2D eigenvalue weighted by Crippen LogP contribution is -2.48. The van der Waals surface area contributed by atoms with Gasteiger partial charge in [0, 0.05) is 6.92 Å².